The van der Waals surface area contributed by atoms with Crippen LogP contribution in [0.3, 0.4) is 0 Å². The average molecular weight is 342 g/mol. The number of amides is 4. The number of nitrogens with one attached hydrogen (secondary N) is 2. The number of carbonyl (C=O) groups excluding carboxylic acids is 3. The molecule has 1 fully saturated rings. The van der Waals surface area contributed by atoms with Crippen molar-refractivity contribution in [3.05, 3.63) is 54.2 Å². The summed E-state index contributed by atoms with van der Waals surface area (Å²) in [6.45, 7) is 2.94. The van der Waals surface area contributed by atoms with Gasteiger partial charge in [-0.25, -0.2) is 4.79 Å². The van der Waals surface area contributed by atoms with Gasteiger partial charge in [-0.1, -0.05) is 6.07 Å². The fourth-order valence-corrected chi connectivity index (χ4v) is 2.71. The van der Waals surface area contributed by atoms with E-state index in [2.05, 4.69) is 15.6 Å². The SMILES string of the molecule is CC(NC(=O)CN1C(=O)NC(C)(c2ccccn2)C1=O)c1ccco1. The zero-order chi connectivity index (χ0) is 18.0. The number of hydrogen-bond acceptors (Lipinski definition) is 5. The summed E-state index contributed by atoms with van der Waals surface area (Å²) in [6, 6.07) is 7.55. The predicted octanol–water partition coefficient (Wildman–Crippen LogP) is 1.32. The summed E-state index contributed by atoms with van der Waals surface area (Å²) in [5.74, 6) is -0.390. The zero-order valence-corrected chi connectivity index (χ0v) is 13.9. The molecule has 2 aromatic rings. The molecule has 2 aromatic heterocycles. The highest BCUT2D eigenvalue weighted by molar-refractivity contribution is 6.08. The van der Waals surface area contributed by atoms with E-state index >= 15 is 0 Å². The molecule has 0 radical (unpaired) electrons. The third kappa shape index (κ3) is 3.10. The Morgan fingerprint density at radius 1 is 1.36 bits per heavy atom. The molecular weight excluding hydrogens is 324 g/mol. The molecule has 2 atom stereocenters. The van der Waals surface area contributed by atoms with Crippen LogP contribution in [0.1, 0.15) is 31.3 Å². The van der Waals surface area contributed by atoms with Crippen molar-refractivity contribution in [2.45, 2.75) is 25.4 Å². The first-order chi connectivity index (χ1) is 11.9. The summed E-state index contributed by atoms with van der Waals surface area (Å²) in [7, 11) is 0. The van der Waals surface area contributed by atoms with Crippen LogP contribution >= 0.6 is 0 Å². The molecule has 1 aliphatic rings. The van der Waals surface area contributed by atoms with Gasteiger partial charge in [-0.2, -0.15) is 0 Å². The third-order valence-electron chi connectivity index (χ3n) is 4.10. The van der Waals surface area contributed by atoms with Gasteiger partial charge >= 0.3 is 6.03 Å². The Labute approximate surface area is 144 Å². The Kier molecular flexibility index (Phi) is 4.26. The maximum absolute atomic E-state index is 12.7. The van der Waals surface area contributed by atoms with Gasteiger partial charge in [0, 0.05) is 6.20 Å². The van der Waals surface area contributed by atoms with Crippen LogP contribution in [0, 0.1) is 0 Å². The summed E-state index contributed by atoms with van der Waals surface area (Å²) in [6.07, 6.45) is 3.05. The lowest BCUT2D eigenvalue weighted by atomic mass is 9.97. The molecule has 3 rings (SSSR count). The normalized spacial score (nSPS) is 21.1. The molecule has 2 unspecified atom stereocenters. The number of nitrogens with zero attached hydrogens (tertiary/aromatic N) is 2. The molecule has 1 saturated heterocycles. The van der Waals surface area contributed by atoms with Crippen molar-refractivity contribution in [2.75, 3.05) is 6.54 Å². The zero-order valence-electron chi connectivity index (χ0n) is 13.9. The van der Waals surface area contributed by atoms with Gasteiger partial charge in [-0.15, -0.1) is 0 Å². The Hall–Kier alpha value is -3.16. The lowest BCUT2D eigenvalue weighted by molar-refractivity contribution is -0.135. The number of urea groups is 1. The van der Waals surface area contributed by atoms with Gasteiger partial charge in [-0.3, -0.25) is 19.5 Å². The van der Waals surface area contributed by atoms with Gasteiger partial charge < -0.3 is 15.1 Å². The second-order valence-electron chi connectivity index (χ2n) is 5.97. The van der Waals surface area contributed by atoms with Gasteiger partial charge in [0.1, 0.15) is 12.3 Å². The first kappa shape index (κ1) is 16.7. The molecular formula is C17H18N4O4. The van der Waals surface area contributed by atoms with E-state index in [9.17, 15) is 14.4 Å². The summed E-state index contributed by atoms with van der Waals surface area (Å²) >= 11 is 0. The first-order valence-electron chi connectivity index (χ1n) is 7.80. The highest BCUT2D eigenvalue weighted by Gasteiger charge is 2.50. The van der Waals surface area contributed by atoms with Crippen molar-refractivity contribution in [2.24, 2.45) is 0 Å². The van der Waals surface area contributed by atoms with Crippen molar-refractivity contribution in [3.63, 3.8) is 0 Å². The van der Waals surface area contributed by atoms with Crippen LogP contribution in [-0.2, 0) is 15.1 Å². The van der Waals surface area contributed by atoms with E-state index in [0.717, 1.165) is 4.90 Å². The van der Waals surface area contributed by atoms with Gasteiger partial charge in [0.2, 0.25) is 5.91 Å². The lowest BCUT2D eigenvalue weighted by Gasteiger charge is -2.21. The van der Waals surface area contributed by atoms with Gasteiger partial charge in [0.15, 0.2) is 5.54 Å². The van der Waals surface area contributed by atoms with Gasteiger partial charge in [0.05, 0.1) is 18.0 Å². The number of aromatic nitrogens is 1. The quantitative estimate of drug-likeness (QED) is 0.798. The standard InChI is InChI=1S/C17H18N4O4/c1-11(12-6-5-9-25-12)19-14(22)10-21-15(23)17(2,20-16(21)24)13-7-3-4-8-18-13/h3-9,11H,10H2,1-2H3,(H,19,22)(H,20,24). The maximum Gasteiger partial charge on any atom is 0.325 e. The van der Waals surface area contributed by atoms with Crippen LogP contribution in [0.5, 0.6) is 0 Å². The Balaban J connectivity index is 1.70. The minimum Gasteiger partial charge on any atom is -0.467 e. The van der Waals surface area contributed by atoms with Crippen molar-refractivity contribution in [1.82, 2.24) is 20.5 Å². The monoisotopic (exact) mass is 342 g/mol. The number of furan rings is 1. The van der Waals surface area contributed by atoms with E-state index in [-0.39, 0.29) is 12.6 Å². The molecule has 1 aliphatic heterocycles. The molecule has 2 N–H and O–H groups in total. The molecule has 0 spiro atoms. The topological polar surface area (TPSA) is 105 Å². The minimum absolute atomic E-state index is 0.370. The molecule has 3 heterocycles. The molecule has 4 amide bonds. The molecule has 0 bridgehead atoms. The number of pyridine rings is 1. The van der Waals surface area contributed by atoms with Crippen molar-refractivity contribution < 1.29 is 18.8 Å². The maximum atomic E-state index is 12.7. The van der Waals surface area contributed by atoms with Crippen LogP contribution in [0.25, 0.3) is 0 Å². The van der Waals surface area contributed by atoms with Crippen LogP contribution in [0.15, 0.2) is 47.2 Å². The second-order valence-corrected chi connectivity index (χ2v) is 5.97. The number of imide groups is 1. The Morgan fingerprint density at radius 2 is 2.16 bits per heavy atom. The number of rotatable bonds is 5. The van der Waals surface area contributed by atoms with Crippen molar-refractivity contribution in [3.8, 4) is 0 Å². The second kappa shape index (κ2) is 6.39. The molecule has 8 heteroatoms. The van der Waals surface area contributed by atoms with Crippen LogP contribution < -0.4 is 10.6 Å². The van der Waals surface area contributed by atoms with Crippen LogP contribution in [-0.4, -0.2) is 34.3 Å². The van der Waals surface area contributed by atoms with E-state index in [0.29, 0.717) is 11.5 Å². The summed E-state index contributed by atoms with van der Waals surface area (Å²) in [5.41, 5.74) is -0.870. The summed E-state index contributed by atoms with van der Waals surface area (Å²) in [4.78, 5) is 42.1. The van der Waals surface area contributed by atoms with Gasteiger partial charge in [-0.05, 0) is 38.1 Å². The summed E-state index contributed by atoms with van der Waals surface area (Å²) in [5, 5.41) is 5.30. The molecule has 25 heavy (non-hydrogen) atoms. The van der Waals surface area contributed by atoms with Gasteiger partial charge in [0.25, 0.3) is 5.91 Å². The van der Waals surface area contributed by atoms with Crippen molar-refractivity contribution >= 4 is 17.8 Å². The Morgan fingerprint density at radius 3 is 2.80 bits per heavy atom. The number of hydrogen-bond donors (Lipinski definition) is 2. The Bertz CT molecular complexity index is 790. The fourth-order valence-electron chi connectivity index (χ4n) is 2.71. The minimum atomic E-state index is -1.29. The highest BCUT2D eigenvalue weighted by Crippen LogP contribution is 2.27. The predicted molar refractivity (Wildman–Crippen MR) is 87.1 cm³/mol. The molecule has 130 valence electrons. The largest absolute Gasteiger partial charge is 0.467 e. The van der Waals surface area contributed by atoms with Crippen LogP contribution in [0.4, 0.5) is 4.79 Å². The first-order valence-corrected chi connectivity index (χ1v) is 7.80. The number of carbonyl (C=O) groups is 3. The molecule has 0 saturated carbocycles. The van der Waals surface area contributed by atoms with Crippen LogP contribution in [0.2, 0.25) is 0 Å². The third-order valence-corrected chi connectivity index (χ3v) is 4.10. The highest BCUT2D eigenvalue weighted by atomic mass is 16.3. The lowest BCUT2D eigenvalue weighted by Crippen LogP contribution is -2.44. The smallest absolute Gasteiger partial charge is 0.325 e. The molecule has 0 aromatic carbocycles. The van der Waals surface area contributed by atoms with E-state index in [1.54, 1.807) is 50.4 Å². The molecule has 8 nitrogen and oxygen atoms in total. The van der Waals surface area contributed by atoms with E-state index in [4.69, 9.17) is 4.42 Å². The van der Waals surface area contributed by atoms with Crippen molar-refractivity contribution in [1.29, 1.82) is 0 Å². The van der Waals surface area contributed by atoms with E-state index in [1.165, 1.54) is 6.26 Å². The average Bonchev–Trinajstić information content (AvgIpc) is 3.20. The molecule has 0 aliphatic carbocycles. The van der Waals surface area contributed by atoms with E-state index in [1.807, 2.05) is 0 Å². The van der Waals surface area contributed by atoms with E-state index < -0.39 is 23.4 Å². The summed E-state index contributed by atoms with van der Waals surface area (Å²) < 4.78 is 5.22. The fraction of sp³-hybridized carbons (Fsp3) is 0.294.